The third-order valence-corrected chi connectivity index (χ3v) is 4.15. The van der Waals surface area contributed by atoms with Crippen LogP contribution in [0, 0.1) is 0 Å². The summed E-state index contributed by atoms with van der Waals surface area (Å²) in [4.78, 5) is 15.3. The molecule has 2 N–H and O–H groups in total. The summed E-state index contributed by atoms with van der Waals surface area (Å²) < 4.78 is 10.9. The molecule has 3 aromatic rings. The maximum Gasteiger partial charge on any atom is 0.259 e. The van der Waals surface area contributed by atoms with Crippen LogP contribution in [0.2, 0.25) is 0 Å². The number of pyridine rings is 1. The van der Waals surface area contributed by atoms with E-state index in [-0.39, 0.29) is 17.6 Å². The summed E-state index contributed by atoms with van der Waals surface area (Å²) >= 11 is 0. The number of fused-ring (bicyclic) bond motifs is 3. The van der Waals surface area contributed by atoms with Crippen LogP contribution in [0.4, 0.5) is 0 Å². The molecule has 0 spiro atoms. The van der Waals surface area contributed by atoms with E-state index in [1.54, 1.807) is 7.11 Å². The zero-order chi connectivity index (χ0) is 14.4. The highest BCUT2D eigenvalue weighted by Gasteiger charge is 2.33. The van der Waals surface area contributed by atoms with Crippen molar-refractivity contribution >= 4 is 21.8 Å². The van der Waals surface area contributed by atoms with Gasteiger partial charge in [-0.25, -0.2) is 0 Å². The number of benzene rings is 1. The summed E-state index contributed by atoms with van der Waals surface area (Å²) in [6, 6.07) is 7.66. The second-order valence-corrected chi connectivity index (χ2v) is 5.28. The lowest BCUT2D eigenvalue weighted by Crippen LogP contribution is -2.20. The van der Waals surface area contributed by atoms with Crippen molar-refractivity contribution in [3.63, 3.8) is 0 Å². The van der Waals surface area contributed by atoms with Gasteiger partial charge in [0.1, 0.15) is 5.52 Å². The minimum atomic E-state index is -0.130. The predicted molar refractivity (Wildman–Crippen MR) is 78.6 cm³/mol. The number of hydrogen-bond acceptors (Lipinski definition) is 4. The lowest BCUT2D eigenvalue weighted by atomic mass is 9.99. The number of para-hydroxylation sites is 1. The van der Waals surface area contributed by atoms with Gasteiger partial charge in [-0.2, -0.15) is 5.10 Å². The molecule has 2 unspecified atom stereocenters. The van der Waals surface area contributed by atoms with E-state index >= 15 is 0 Å². The number of aromatic nitrogens is 3. The van der Waals surface area contributed by atoms with Gasteiger partial charge in [-0.1, -0.05) is 18.2 Å². The average molecular weight is 285 g/mol. The topological polar surface area (TPSA) is 80.0 Å². The normalized spacial score (nSPS) is 22.3. The van der Waals surface area contributed by atoms with Crippen LogP contribution in [-0.4, -0.2) is 41.6 Å². The lowest BCUT2D eigenvalue weighted by molar-refractivity contribution is 0.0768. The van der Waals surface area contributed by atoms with E-state index in [0.29, 0.717) is 24.1 Å². The molecule has 1 aromatic carbocycles. The largest absolute Gasteiger partial charge is 0.378 e. The van der Waals surface area contributed by atoms with Crippen LogP contribution in [0.25, 0.3) is 21.8 Å². The number of aromatic amines is 2. The van der Waals surface area contributed by atoms with Crippen molar-refractivity contribution in [2.75, 3.05) is 20.3 Å². The second-order valence-electron chi connectivity index (χ2n) is 5.28. The molecule has 6 nitrogen and oxygen atoms in total. The monoisotopic (exact) mass is 285 g/mol. The van der Waals surface area contributed by atoms with Crippen molar-refractivity contribution in [2.24, 2.45) is 0 Å². The van der Waals surface area contributed by atoms with Gasteiger partial charge in [0.05, 0.1) is 41.8 Å². The van der Waals surface area contributed by atoms with Gasteiger partial charge in [0.15, 0.2) is 0 Å². The second kappa shape index (κ2) is 4.68. The molecule has 108 valence electrons. The average Bonchev–Trinajstić information content (AvgIpc) is 3.13. The molecule has 2 atom stereocenters. The van der Waals surface area contributed by atoms with Gasteiger partial charge in [-0.05, 0) is 6.07 Å². The van der Waals surface area contributed by atoms with Crippen LogP contribution in [0.5, 0.6) is 0 Å². The first-order valence-corrected chi connectivity index (χ1v) is 6.89. The third kappa shape index (κ3) is 1.80. The van der Waals surface area contributed by atoms with Gasteiger partial charge >= 0.3 is 0 Å². The SMILES string of the molecule is COC1COCC1c1[nH]nc2c1c(=O)[nH]c1ccccc12. The van der Waals surface area contributed by atoms with E-state index < -0.39 is 0 Å². The van der Waals surface area contributed by atoms with E-state index in [0.717, 1.165) is 16.6 Å². The molecule has 0 aliphatic carbocycles. The number of H-pyrrole nitrogens is 2. The fourth-order valence-electron chi connectivity index (χ4n) is 3.07. The van der Waals surface area contributed by atoms with Gasteiger partial charge in [-0.3, -0.25) is 9.89 Å². The van der Waals surface area contributed by atoms with E-state index in [1.165, 1.54) is 0 Å². The first-order chi connectivity index (χ1) is 10.3. The molecule has 0 bridgehead atoms. The fourth-order valence-corrected chi connectivity index (χ4v) is 3.07. The summed E-state index contributed by atoms with van der Waals surface area (Å²) in [6.45, 7) is 1.06. The van der Waals surface area contributed by atoms with E-state index in [1.807, 2.05) is 24.3 Å². The molecule has 3 heterocycles. The number of ether oxygens (including phenoxy) is 2. The summed E-state index contributed by atoms with van der Waals surface area (Å²) in [5, 5.41) is 8.92. The van der Waals surface area contributed by atoms with E-state index in [9.17, 15) is 4.79 Å². The van der Waals surface area contributed by atoms with Crippen molar-refractivity contribution in [3.05, 3.63) is 40.3 Å². The maximum absolute atomic E-state index is 12.4. The fraction of sp³-hybridized carbons (Fsp3) is 0.333. The first kappa shape index (κ1) is 12.6. The van der Waals surface area contributed by atoms with Crippen LogP contribution in [0.15, 0.2) is 29.1 Å². The molecule has 2 aromatic heterocycles. The zero-order valence-corrected chi connectivity index (χ0v) is 11.6. The maximum atomic E-state index is 12.4. The Hall–Kier alpha value is -2.18. The zero-order valence-electron chi connectivity index (χ0n) is 11.6. The highest BCUT2D eigenvalue weighted by atomic mass is 16.5. The molecule has 4 rings (SSSR count). The summed E-state index contributed by atoms with van der Waals surface area (Å²) in [5.41, 5.74) is 2.15. The Morgan fingerprint density at radius 1 is 1.33 bits per heavy atom. The van der Waals surface area contributed by atoms with Gasteiger partial charge in [-0.15, -0.1) is 0 Å². The molecule has 0 amide bonds. The van der Waals surface area contributed by atoms with Crippen LogP contribution in [0.1, 0.15) is 11.6 Å². The molecule has 6 heteroatoms. The van der Waals surface area contributed by atoms with Crippen LogP contribution in [0.3, 0.4) is 0 Å². The standard InChI is InChI=1S/C15H15N3O3/c1-20-11-7-21-6-9(11)14-12-13(17-18-14)8-4-2-3-5-10(8)16-15(12)19/h2-5,9,11H,6-7H2,1H3,(H,16,19)(H,17,18). The Labute approximate surface area is 120 Å². The number of nitrogens with zero attached hydrogens (tertiary/aromatic N) is 1. The predicted octanol–water partition coefficient (Wildman–Crippen LogP) is 1.53. The van der Waals surface area contributed by atoms with Crippen molar-refractivity contribution < 1.29 is 9.47 Å². The first-order valence-electron chi connectivity index (χ1n) is 6.89. The number of nitrogens with one attached hydrogen (secondary N) is 2. The third-order valence-electron chi connectivity index (χ3n) is 4.15. The van der Waals surface area contributed by atoms with Gasteiger partial charge in [0.2, 0.25) is 0 Å². The smallest absolute Gasteiger partial charge is 0.259 e. The van der Waals surface area contributed by atoms with Crippen molar-refractivity contribution in [3.8, 4) is 0 Å². The molecule has 0 radical (unpaired) electrons. The number of rotatable bonds is 2. The Kier molecular flexibility index (Phi) is 2.80. The van der Waals surface area contributed by atoms with Crippen LogP contribution in [-0.2, 0) is 9.47 Å². The van der Waals surface area contributed by atoms with Crippen LogP contribution >= 0.6 is 0 Å². The minimum absolute atomic E-state index is 0.00209. The Bertz CT molecular complexity index is 867. The Morgan fingerprint density at radius 2 is 2.19 bits per heavy atom. The molecule has 1 fully saturated rings. The van der Waals surface area contributed by atoms with E-state index in [4.69, 9.17) is 9.47 Å². The highest BCUT2D eigenvalue weighted by Crippen LogP contribution is 2.31. The van der Waals surface area contributed by atoms with Crippen molar-refractivity contribution in [1.82, 2.24) is 15.2 Å². The minimum Gasteiger partial charge on any atom is -0.378 e. The summed E-state index contributed by atoms with van der Waals surface area (Å²) in [5.74, 6) is 0.00209. The lowest BCUT2D eigenvalue weighted by Gasteiger charge is -2.14. The Morgan fingerprint density at radius 3 is 3.05 bits per heavy atom. The summed E-state index contributed by atoms with van der Waals surface area (Å²) in [6.07, 6.45) is -0.0560. The molecular weight excluding hydrogens is 270 g/mol. The van der Waals surface area contributed by atoms with Gasteiger partial charge in [0.25, 0.3) is 5.56 Å². The molecule has 0 saturated carbocycles. The van der Waals surface area contributed by atoms with Gasteiger partial charge in [0, 0.05) is 12.5 Å². The number of methoxy groups -OCH3 is 1. The van der Waals surface area contributed by atoms with Crippen LogP contribution < -0.4 is 5.56 Å². The quantitative estimate of drug-likeness (QED) is 0.748. The molecule has 21 heavy (non-hydrogen) atoms. The molecule has 1 aliphatic heterocycles. The number of hydrogen-bond donors (Lipinski definition) is 2. The van der Waals surface area contributed by atoms with Crippen molar-refractivity contribution in [2.45, 2.75) is 12.0 Å². The highest BCUT2D eigenvalue weighted by molar-refractivity contribution is 6.03. The summed E-state index contributed by atoms with van der Waals surface area (Å²) in [7, 11) is 1.66. The van der Waals surface area contributed by atoms with Gasteiger partial charge < -0.3 is 14.5 Å². The van der Waals surface area contributed by atoms with Crippen molar-refractivity contribution in [1.29, 1.82) is 0 Å². The molecular formula is C15H15N3O3. The molecule has 1 saturated heterocycles. The van der Waals surface area contributed by atoms with E-state index in [2.05, 4.69) is 15.2 Å². The Balaban J connectivity index is 2.00. The molecule has 1 aliphatic rings.